The predicted molar refractivity (Wildman–Crippen MR) is 61.6 cm³/mol. The summed E-state index contributed by atoms with van der Waals surface area (Å²) in [6.45, 7) is 1.96. The molecular formula is C11H23N3O. The van der Waals surface area contributed by atoms with Crippen LogP contribution < -0.4 is 11.1 Å². The number of carbonyl (C=O) groups excluding carboxylic acids is 1. The first-order chi connectivity index (χ1) is 7.27. The second-order valence-electron chi connectivity index (χ2n) is 4.22. The van der Waals surface area contributed by atoms with Gasteiger partial charge < -0.3 is 11.1 Å². The van der Waals surface area contributed by atoms with Crippen LogP contribution in [0.1, 0.15) is 32.1 Å². The van der Waals surface area contributed by atoms with Crippen LogP contribution in [0.25, 0.3) is 0 Å². The van der Waals surface area contributed by atoms with Crippen molar-refractivity contribution in [2.24, 2.45) is 5.73 Å². The molecular weight excluding hydrogens is 190 g/mol. The number of rotatable bonds is 5. The van der Waals surface area contributed by atoms with Crippen molar-refractivity contribution in [3.63, 3.8) is 0 Å². The van der Waals surface area contributed by atoms with Crippen LogP contribution in [-0.4, -0.2) is 43.5 Å². The van der Waals surface area contributed by atoms with Gasteiger partial charge in [-0.2, -0.15) is 0 Å². The lowest BCUT2D eigenvalue weighted by atomic mass is 9.94. The highest BCUT2D eigenvalue weighted by molar-refractivity contribution is 5.77. The Morgan fingerprint density at radius 1 is 1.40 bits per heavy atom. The van der Waals surface area contributed by atoms with Gasteiger partial charge in [0.1, 0.15) is 0 Å². The molecule has 0 aromatic rings. The lowest BCUT2D eigenvalue weighted by molar-refractivity contribution is -0.122. The first kappa shape index (κ1) is 12.5. The summed E-state index contributed by atoms with van der Waals surface area (Å²) in [5, 5.41) is 2.67. The molecule has 0 bridgehead atoms. The van der Waals surface area contributed by atoms with E-state index in [2.05, 4.69) is 10.2 Å². The Morgan fingerprint density at radius 2 is 2.07 bits per heavy atom. The molecule has 0 unspecified atom stereocenters. The van der Waals surface area contributed by atoms with E-state index in [0.29, 0.717) is 19.1 Å². The van der Waals surface area contributed by atoms with Crippen LogP contribution >= 0.6 is 0 Å². The van der Waals surface area contributed by atoms with Gasteiger partial charge in [-0.15, -0.1) is 0 Å². The van der Waals surface area contributed by atoms with Crippen LogP contribution in [0.4, 0.5) is 0 Å². The van der Waals surface area contributed by atoms with Gasteiger partial charge >= 0.3 is 0 Å². The summed E-state index contributed by atoms with van der Waals surface area (Å²) in [5.41, 5.74) is 5.58. The van der Waals surface area contributed by atoms with Crippen LogP contribution in [0.5, 0.6) is 0 Å². The molecule has 1 aliphatic carbocycles. The zero-order valence-corrected chi connectivity index (χ0v) is 9.67. The molecule has 15 heavy (non-hydrogen) atoms. The Labute approximate surface area is 92.2 Å². The normalized spacial score (nSPS) is 18.1. The van der Waals surface area contributed by atoms with Gasteiger partial charge in [-0.25, -0.2) is 0 Å². The molecule has 1 amide bonds. The average Bonchev–Trinajstić information content (AvgIpc) is 2.29. The molecule has 0 saturated heterocycles. The second kappa shape index (κ2) is 6.80. The predicted octanol–water partition coefficient (Wildman–Crippen LogP) is 0.326. The number of nitrogens with two attached hydrogens (primary N) is 1. The third-order valence-electron chi connectivity index (χ3n) is 3.13. The molecule has 0 aromatic carbocycles. The van der Waals surface area contributed by atoms with E-state index >= 15 is 0 Å². The number of nitrogens with zero attached hydrogens (tertiary/aromatic N) is 1. The van der Waals surface area contributed by atoms with Crippen molar-refractivity contribution in [2.75, 3.05) is 26.7 Å². The van der Waals surface area contributed by atoms with E-state index < -0.39 is 0 Å². The molecule has 4 nitrogen and oxygen atoms in total. The van der Waals surface area contributed by atoms with Crippen LogP contribution in [0.2, 0.25) is 0 Å². The van der Waals surface area contributed by atoms with Gasteiger partial charge in [0.2, 0.25) is 5.91 Å². The minimum atomic E-state index is 0.0917. The summed E-state index contributed by atoms with van der Waals surface area (Å²) in [5.74, 6) is 0.0917. The van der Waals surface area contributed by atoms with Crippen molar-refractivity contribution >= 4 is 5.91 Å². The molecule has 4 heteroatoms. The number of amides is 1. The fraction of sp³-hybridized carbons (Fsp3) is 0.909. The first-order valence-electron chi connectivity index (χ1n) is 5.92. The maximum absolute atomic E-state index is 11.3. The van der Waals surface area contributed by atoms with Crippen molar-refractivity contribution in [2.45, 2.75) is 38.1 Å². The molecule has 1 aliphatic rings. The van der Waals surface area contributed by atoms with Gasteiger partial charge in [-0.1, -0.05) is 19.3 Å². The summed E-state index contributed by atoms with van der Waals surface area (Å²) in [7, 11) is 1.68. The summed E-state index contributed by atoms with van der Waals surface area (Å²) in [6.07, 6.45) is 6.36. The average molecular weight is 213 g/mol. The topological polar surface area (TPSA) is 58.4 Å². The highest BCUT2D eigenvalue weighted by atomic mass is 16.1. The Kier molecular flexibility index (Phi) is 5.65. The van der Waals surface area contributed by atoms with Gasteiger partial charge in [0.05, 0.1) is 6.54 Å². The minimum absolute atomic E-state index is 0.0917. The van der Waals surface area contributed by atoms with E-state index in [9.17, 15) is 4.79 Å². The smallest absolute Gasteiger partial charge is 0.233 e. The van der Waals surface area contributed by atoms with Crippen molar-refractivity contribution < 1.29 is 4.79 Å². The van der Waals surface area contributed by atoms with E-state index in [1.807, 2.05) is 0 Å². The van der Waals surface area contributed by atoms with E-state index in [4.69, 9.17) is 5.73 Å². The highest BCUT2D eigenvalue weighted by Crippen LogP contribution is 2.21. The lowest BCUT2D eigenvalue weighted by Crippen LogP contribution is -2.45. The maximum atomic E-state index is 11.3. The number of nitrogens with one attached hydrogen (secondary N) is 1. The number of carbonyl (C=O) groups is 1. The van der Waals surface area contributed by atoms with Gasteiger partial charge in [-0.3, -0.25) is 9.69 Å². The van der Waals surface area contributed by atoms with E-state index in [0.717, 1.165) is 6.54 Å². The molecule has 1 saturated carbocycles. The maximum Gasteiger partial charge on any atom is 0.233 e. The van der Waals surface area contributed by atoms with E-state index in [1.54, 1.807) is 7.05 Å². The molecule has 1 rings (SSSR count). The molecule has 0 spiro atoms. The minimum Gasteiger partial charge on any atom is -0.358 e. The number of hydrogen-bond donors (Lipinski definition) is 2. The van der Waals surface area contributed by atoms with E-state index in [-0.39, 0.29) is 5.91 Å². The largest absolute Gasteiger partial charge is 0.358 e. The van der Waals surface area contributed by atoms with Crippen LogP contribution in [-0.2, 0) is 4.79 Å². The third-order valence-corrected chi connectivity index (χ3v) is 3.13. The van der Waals surface area contributed by atoms with Gasteiger partial charge in [0, 0.05) is 26.2 Å². The van der Waals surface area contributed by atoms with E-state index in [1.165, 1.54) is 32.1 Å². The summed E-state index contributed by atoms with van der Waals surface area (Å²) in [4.78, 5) is 13.6. The Bertz CT molecular complexity index is 190. The molecule has 0 radical (unpaired) electrons. The summed E-state index contributed by atoms with van der Waals surface area (Å²) < 4.78 is 0. The van der Waals surface area contributed by atoms with Gasteiger partial charge in [-0.05, 0) is 12.8 Å². The Hall–Kier alpha value is -0.610. The second-order valence-corrected chi connectivity index (χ2v) is 4.22. The fourth-order valence-electron chi connectivity index (χ4n) is 2.27. The quantitative estimate of drug-likeness (QED) is 0.692. The van der Waals surface area contributed by atoms with Crippen LogP contribution in [0.3, 0.4) is 0 Å². The molecule has 0 aromatic heterocycles. The van der Waals surface area contributed by atoms with Crippen LogP contribution in [0.15, 0.2) is 0 Å². The SMILES string of the molecule is CNC(=O)CN(CCN)C1CCCCC1. The third kappa shape index (κ3) is 4.18. The summed E-state index contributed by atoms with van der Waals surface area (Å²) >= 11 is 0. The molecule has 0 atom stereocenters. The highest BCUT2D eigenvalue weighted by Gasteiger charge is 2.21. The standard InChI is InChI=1S/C11H23N3O/c1-13-11(15)9-14(8-7-12)10-5-3-2-4-6-10/h10H,2-9,12H2,1H3,(H,13,15). The van der Waals surface area contributed by atoms with Crippen molar-refractivity contribution in [3.8, 4) is 0 Å². The Morgan fingerprint density at radius 3 is 2.60 bits per heavy atom. The van der Waals surface area contributed by atoms with Crippen molar-refractivity contribution in [3.05, 3.63) is 0 Å². The lowest BCUT2D eigenvalue weighted by Gasteiger charge is -2.33. The number of hydrogen-bond acceptors (Lipinski definition) is 3. The molecule has 0 heterocycles. The van der Waals surface area contributed by atoms with Crippen molar-refractivity contribution in [1.29, 1.82) is 0 Å². The number of likely N-dealkylation sites (N-methyl/N-ethyl adjacent to an activating group) is 1. The Balaban J connectivity index is 2.43. The molecule has 88 valence electrons. The zero-order chi connectivity index (χ0) is 11.1. The van der Waals surface area contributed by atoms with Crippen molar-refractivity contribution in [1.82, 2.24) is 10.2 Å². The monoisotopic (exact) mass is 213 g/mol. The molecule has 1 fully saturated rings. The summed E-state index contributed by atoms with van der Waals surface area (Å²) in [6, 6.07) is 0.569. The van der Waals surface area contributed by atoms with Crippen LogP contribution in [0, 0.1) is 0 Å². The zero-order valence-electron chi connectivity index (χ0n) is 9.67. The molecule has 0 aliphatic heterocycles. The first-order valence-corrected chi connectivity index (χ1v) is 5.92. The molecule has 3 N–H and O–H groups in total. The fourth-order valence-corrected chi connectivity index (χ4v) is 2.27. The van der Waals surface area contributed by atoms with Gasteiger partial charge in [0.15, 0.2) is 0 Å². The van der Waals surface area contributed by atoms with Gasteiger partial charge in [0.25, 0.3) is 0 Å².